The summed E-state index contributed by atoms with van der Waals surface area (Å²) < 4.78 is 12.3. The Labute approximate surface area is 182 Å². The Bertz CT molecular complexity index is 776. The molecule has 29 heavy (non-hydrogen) atoms. The third-order valence-corrected chi connectivity index (χ3v) is 6.07. The molecule has 1 heterocycles. The molecule has 2 aromatic carbocycles. The summed E-state index contributed by atoms with van der Waals surface area (Å²) in [7, 11) is 0. The molecule has 3 rings (SSSR count). The molecule has 4 nitrogen and oxygen atoms in total. The first-order chi connectivity index (χ1) is 13.9. The lowest BCUT2D eigenvalue weighted by Crippen LogP contribution is -2.37. The van der Waals surface area contributed by atoms with Gasteiger partial charge in [0.1, 0.15) is 6.61 Å². The Morgan fingerprint density at radius 2 is 1.93 bits per heavy atom. The van der Waals surface area contributed by atoms with Crippen molar-refractivity contribution < 1.29 is 14.3 Å². The molecule has 2 aromatic rings. The van der Waals surface area contributed by atoms with E-state index in [1.165, 1.54) is 5.56 Å². The van der Waals surface area contributed by atoms with Crippen molar-refractivity contribution in [1.29, 1.82) is 0 Å². The maximum absolute atomic E-state index is 12.1. The van der Waals surface area contributed by atoms with Crippen LogP contribution in [0.25, 0.3) is 0 Å². The number of halogens is 1. The van der Waals surface area contributed by atoms with Crippen LogP contribution in [0.2, 0.25) is 0 Å². The molecule has 5 heteroatoms. The predicted octanol–water partition coefficient (Wildman–Crippen LogP) is 6.05. The zero-order valence-corrected chi connectivity index (χ0v) is 18.8. The highest BCUT2D eigenvalue weighted by Crippen LogP contribution is 2.40. The van der Waals surface area contributed by atoms with Crippen LogP contribution in [-0.4, -0.2) is 24.8 Å². The zero-order valence-electron chi connectivity index (χ0n) is 17.2. The summed E-state index contributed by atoms with van der Waals surface area (Å²) >= 11 is 3.52. The maximum atomic E-state index is 12.1. The first kappa shape index (κ1) is 21.8. The van der Waals surface area contributed by atoms with E-state index in [4.69, 9.17) is 9.47 Å². The zero-order chi connectivity index (χ0) is 20.7. The molecule has 156 valence electrons. The second kappa shape index (κ2) is 10.3. The van der Waals surface area contributed by atoms with Gasteiger partial charge in [-0.1, -0.05) is 58.4 Å². The molecule has 0 aromatic heterocycles. The Hall–Kier alpha value is -1.85. The van der Waals surface area contributed by atoms with E-state index >= 15 is 0 Å². The summed E-state index contributed by atoms with van der Waals surface area (Å²) in [6.45, 7) is 5.99. The number of hydrogen-bond donors (Lipinski definition) is 1. The van der Waals surface area contributed by atoms with Crippen LogP contribution in [0.1, 0.15) is 50.2 Å². The van der Waals surface area contributed by atoms with Gasteiger partial charge in [-0.3, -0.25) is 0 Å². The Morgan fingerprint density at radius 3 is 2.62 bits per heavy atom. The van der Waals surface area contributed by atoms with E-state index in [1.54, 1.807) is 0 Å². The average molecular weight is 460 g/mol. The summed E-state index contributed by atoms with van der Waals surface area (Å²) in [5.41, 5.74) is 2.20. The molecule has 0 saturated carbocycles. The van der Waals surface area contributed by atoms with Gasteiger partial charge in [-0.25, -0.2) is 4.79 Å². The number of amides is 1. The summed E-state index contributed by atoms with van der Waals surface area (Å²) in [5.74, 6) is 0.905. The van der Waals surface area contributed by atoms with Gasteiger partial charge in [-0.05, 0) is 68.2 Å². The standard InChI is InChI=1S/C24H30BrNO3/c1-24(2)16-20(13-15-29-24)22(19-8-10-21(25)11-9-19)12-14-26-23(27)28-17-18-6-4-3-5-7-18/h3-11,20,22H,12-17H2,1-2H3,(H,26,27)/t20-,22+/m0/s1. The molecule has 0 aliphatic carbocycles. The van der Waals surface area contributed by atoms with Gasteiger partial charge in [-0.2, -0.15) is 0 Å². The second-order valence-corrected chi connectivity index (χ2v) is 9.21. The van der Waals surface area contributed by atoms with E-state index < -0.39 is 0 Å². The SMILES string of the molecule is CC1(C)C[C@@H]([C@H](CCNC(=O)OCc2ccccc2)c2ccc(Br)cc2)CCO1. The smallest absolute Gasteiger partial charge is 0.407 e. The predicted molar refractivity (Wildman–Crippen MR) is 119 cm³/mol. The normalized spacial score (nSPS) is 19.3. The molecule has 1 amide bonds. The number of hydrogen-bond acceptors (Lipinski definition) is 3. The molecule has 1 aliphatic rings. The molecule has 0 spiro atoms. The van der Waals surface area contributed by atoms with E-state index in [0.717, 1.165) is 35.9 Å². The third-order valence-electron chi connectivity index (χ3n) is 5.54. The molecule has 2 atom stereocenters. The fraction of sp³-hybridized carbons (Fsp3) is 0.458. The fourth-order valence-corrected chi connectivity index (χ4v) is 4.38. The molecular weight excluding hydrogens is 430 g/mol. The van der Waals surface area contributed by atoms with Gasteiger partial charge in [-0.15, -0.1) is 0 Å². The quantitative estimate of drug-likeness (QED) is 0.547. The molecule has 1 N–H and O–H groups in total. The highest BCUT2D eigenvalue weighted by molar-refractivity contribution is 9.10. The number of nitrogens with one attached hydrogen (secondary N) is 1. The average Bonchev–Trinajstić information content (AvgIpc) is 2.70. The highest BCUT2D eigenvalue weighted by atomic mass is 79.9. The van der Waals surface area contributed by atoms with Crippen molar-refractivity contribution in [1.82, 2.24) is 5.32 Å². The van der Waals surface area contributed by atoms with Gasteiger partial charge in [0, 0.05) is 17.6 Å². The van der Waals surface area contributed by atoms with Crippen LogP contribution in [0.5, 0.6) is 0 Å². The lowest BCUT2D eigenvalue weighted by Gasteiger charge is -2.39. The van der Waals surface area contributed by atoms with Crippen molar-refractivity contribution in [2.45, 2.75) is 51.2 Å². The van der Waals surface area contributed by atoms with Gasteiger partial charge in [0.05, 0.1) is 5.60 Å². The van der Waals surface area contributed by atoms with Gasteiger partial charge >= 0.3 is 6.09 Å². The molecule has 0 bridgehead atoms. The summed E-state index contributed by atoms with van der Waals surface area (Å²) in [6.07, 6.45) is 2.58. The first-order valence-electron chi connectivity index (χ1n) is 10.3. The molecule has 1 fully saturated rings. The molecule has 0 radical (unpaired) electrons. The minimum absolute atomic E-state index is 0.0986. The van der Waals surface area contributed by atoms with Crippen molar-refractivity contribution in [3.63, 3.8) is 0 Å². The fourth-order valence-electron chi connectivity index (χ4n) is 4.11. The van der Waals surface area contributed by atoms with Crippen molar-refractivity contribution in [3.8, 4) is 0 Å². The molecule has 1 saturated heterocycles. The van der Waals surface area contributed by atoms with Crippen LogP contribution in [0.15, 0.2) is 59.1 Å². The van der Waals surface area contributed by atoms with Gasteiger partial charge in [0.25, 0.3) is 0 Å². The lowest BCUT2D eigenvalue weighted by molar-refractivity contribution is -0.0771. The maximum Gasteiger partial charge on any atom is 0.407 e. The number of rotatable bonds is 7. The highest BCUT2D eigenvalue weighted by Gasteiger charge is 2.34. The number of ether oxygens (including phenoxy) is 2. The third kappa shape index (κ3) is 6.86. The summed E-state index contributed by atoms with van der Waals surface area (Å²) in [4.78, 5) is 12.1. The second-order valence-electron chi connectivity index (χ2n) is 8.30. The van der Waals surface area contributed by atoms with Crippen LogP contribution in [0.3, 0.4) is 0 Å². The monoisotopic (exact) mass is 459 g/mol. The number of carbonyl (C=O) groups excluding carboxylic acids is 1. The van der Waals surface area contributed by atoms with Crippen molar-refractivity contribution >= 4 is 22.0 Å². The summed E-state index contributed by atoms with van der Waals surface area (Å²) in [6, 6.07) is 18.3. The molecular formula is C24H30BrNO3. The largest absolute Gasteiger partial charge is 0.445 e. The van der Waals surface area contributed by atoms with E-state index in [1.807, 2.05) is 30.3 Å². The van der Waals surface area contributed by atoms with Crippen LogP contribution in [0, 0.1) is 5.92 Å². The Balaban J connectivity index is 1.56. The van der Waals surface area contributed by atoms with Crippen molar-refractivity contribution in [2.24, 2.45) is 5.92 Å². The topological polar surface area (TPSA) is 47.6 Å². The summed E-state index contributed by atoms with van der Waals surface area (Å²) in [5, 5.41) is 2.92. The van der Waals surface area contributed by atoms with Crippen LogP contribution in [-0.2, 0) is 16.1 Å². The van der Waals surface area contributed by atoms with Gasteiger partial charge < -0.3 is 14.8 Å². The number of carbonyl (C=O) groups is 1. The van der Waals surface area contributed by atoms with Crippen LogP contribution >= 0.6 is 15.9 Å². The van der Waals surface area contributed by atoms with E-state index in [-0.39, 0.29) is 18.3 Å². The van der Waals surface area contributed by atoms with Gasteiger partial charge in [0.15, 0.2) is 0 Å². The first-order valence-corrected chi connectivity index (χ1v) is 11.1. The lowest BCUT2D eigenvalue weighted by atomic mass is 9.75. The van der Waals surface area contributed by atoms with Gasteiger partial charge in [0.2, 0.25) is 0 Å². The van der Waals surface area contributed by atoms with Crippen LogP contribution in [0.4, 0.5) is 4.79 Å². The minimum atomic E-state index is -0.365. The Morgan fingerprint density at radius 1 is 1.21 bits per heavy atom. The van der Waals surface area contributed by atoms with E-state index in [2.05, 4.69) is 59.4 Å². The van der Waals surface area contributed by atoms with E-state index in [0.29, 0.717) is 18.4 Å². The molecule has 0 unspecified atom stereocenters. The number of benzene rings is 2. The van der Waals surface area contributed by atoms with Crippen molar-refractivity contribution in [2.75, 3.05) is 13.2 Å². The number of alkyl carbamates (subject to hydrolysis) is 1. The van der Waals surface area contributed by atoms with E-state index in [9.17, 15) is 4.79 Å². The van der Waals surface area contributed by atoms with Crippen LogP contribution < -0.4 is 5.32 Å². The minimum Gasteiger partial charge on any atom is -0.445 e. The Kier molecular flexibility index (Phi) is 7.73. The van der Waals surface area contributed by atoms with Crippen molar-refractivity contribution in [3.05, 3.63) is 70.2 Å². The molecule has 1 aliphatic heterocycles.